The number of aromatic carboxylic acids is 1. The molecule has 1 aliphatic rings. The van der Waals surface area contributed by atoms with E-state index in [0.29, 0.717) is 24.1 Å². The predicted octanol–water partition coefficient (Wildman–Crippen LogP) is 1.23. The molecule has 0 aromatic carbocycles. The average molecular weight is 254 g/mol. The molecule has 0 bridgehead atoms. The molecule has 6 heteroatoms. The Balaban J connectivity index is 2.06. The van der Waals surface area contributed by atoms with Gasteiger partial charge in [0.05, 0.1) is 12.3 Å². The molecule has 0 spiro atoms. The molecule has 2 rings (SSSR count). The van der Waals surface area contributed by atoms with Crippen LogP contribution < -0.4 is 4.74 Å². The Bertz CT molecular complexity index is 436. The summed E-state index contributed by atoms with van der Waals surface area (Å²) in [5.41, 5.74) is 0.636. The maximum atomic E-state index is 11.2. The fourth-order valence-corrected chi connectivity index (χ4v) is 2.16. The second-order valence-electron chi connectivity index (χ2n) is 4.56. The third kappa shape index (κ3) is 2.64. The van der Waals surface area contributed by atoms with Gasteiger partial charge in [-0.3, -0.25) is 0 Å². The summed E-state index contributed by atoms with van der Waals surface area (Å²) in [5, 5.41) is 13.2. The molecule has 18 heavy (non-hydrogen) atoms. The van der Waals surface area contributed by atoms with Crippen molar-refractivity contribution in [3.8, 4) is 5.88 Å². The summed E-state index contributed by atoms with van der Waals surface area (Å²) in [6.07, 6.45) is 1.92. The van der Waals surface area contributed by atoms with Crippen molar-refractivity contribution in [1.82, 2.24) is 9.78 Å². The Morgan fingerprint density at radius 3 is 2.83 bits per heavy atom. The van der Waals surface area contributed by atoms with Gasteiger partial charge in [0, 0.05) is 20.3 Å². The number of carbonyl (C=O) groups is 1. The maximum Gasteiger partial charge on any atom is 0.343 e. The van der Waals surface area contributed by atoms with Crippen molar-refractivity contribution in [2.24, 2.45) is 13.0 Å². The van der Waals surface area contributed by atoms with Crippen LogP contribution >= 0.6 is 0 Å². The first-order valence-corrected chi connectivity index (χ1v) is 6.07. The molecule has 1 N–H and O–H groups in total. The fourth-order valence-electron chi connectivity index (χ4n) is 2.16. The molecule has 0 aliphatic carbocycles. The average Bonchev–Trinajstić information content (AvgIpc) is 2.62. The van der Waals surface area contributed by atoms with Gasteiger partial charge in [0.1, 0.15) is 5.56 Å². The number of nitrogens with zero attached hydrogens (tertiary/aromatic N) is 2. The monoisotopic (exact) mass is 254 g/mol. The van der Waals surface area contributed by atoms with Crippen LogP contribution in [-0.4, -0.2) is 40.7 Å². The van der Waals surface area contributed by atoms with Crippen molar-refractivity contribution in [1.29, 1.82) is 0 Å². The molecule has 0 amide bonds. The molecule has 0 radical (unpaired) electrons. The number of aromatic nitrogens is 2. The first-order chi connectivity index (χ1) is 8.59. The normalized spacial score (nSPS) is 16.8. The van der Waals surface area contributed by atoms with Crippen molar-refractivity contribution in [3.05, 3.63) is 11.3 Å². The van der Waals surface area contributed by atoms with Gasteiger partial charge in [0.15, 0.2) is 0 Å². The number of hydrogen-bond donors (Lipinski definition) is 1. The molecule has 0 atom stereocenters. The van der Waals surface area contributed by atoms with Crippen molar-refractivity contribution in [3.63, 3.8) is 0 Å². The van der Waals surface area contributed by atoms with E-state index in [9.17, 15) is 4.79 Å². The van der Waals surface area contributed by atoms with Crippen molar-refractivity contribution in [2.45, 2.75) is 19.8 Å². The molecule has 1 aromatic rings. The van der Waals surface area contributed by atoms with Crippen LogP contribution in [0, 0.1) is 12.8 Å². The predicted molar refractivity (Wildman–Crippen MR) is 63.9 cm³/mol. The zero-order chi connectivity index (χ0) is 13.1. The maximum absolute atomic E-state index is 11.2. The summed E-state index contributed by atoms with van der Waals surface area (Å²) in [4.78, 5) is 11.2. The molecule has 6 nitrogen and oxygen atoms in total. The van der Waals surface area contributed by atoms with E-state index in [-0.39, 0.29) is 5.56 Å². The summed E-state index contributed by atoms with van der Waals surface area (Å²) in [6.45, 7) is 3.70. The molecule has 0 unspecified atom stereocenters. The Hall–Kier alpha value is -1.56. The lowest BCUT2D eigenvalue weighted by molar-refractivity contribution is 0.0476. The lowest BCUT2D eigenvalue weighted by atomic mass is 10.0. The Kier molecular flexibility index (Phi) is 3.86. The summed E-state index contributed by atoms with van der Waals surface area (Å²) < 4.78 is 12.4. The van der Waals surface area contributed by atoms with Gasteiger partial charge < -0.3 is 14.6 Å². The van der Waals surface area contributed by atoms with Crippen LogP contribution in [0.3, 0.4) is 0 Å². The second-order valence-corrected chi connectivity index (χ2v) is 4.56. The van der Waals surface area contributed by atoms with Crippen LogP contribution in [0.1, 0.15) is 28.9 Å². The van der Waals surface area contributed by atoms with E-state index in [4.69, 9.17) is 14.6 Å². The summed E-state index contributed by atoms with van der Waals surface area (Å²) >= 11 is 0. The summed E-state index contributed by atoms with van der Waals surface area (Å²) in [7, 11) is 1.69. The van der Waals surface area contributed by atoms with Crippen LogP contribution in [0.25, 0.3) is 0 Å². The number of aryl methyl sites for hydroxylation is 2. The van der Waals surface area contributed by atoms with Crippen LogP contribution in [-0.2, 0) is 11.8 Å². The quantitative estimate of drug-likeness (QED) is 0.874. The topological polar surface area (TPSA) is 73.6 Å². The number of carboxylic acid groups (broad SMARTS) is 1. The second kappa shape index (κ2) is 5.39. The number of carboxylic acids is 1. The van der Waals surface area contributed by atoms with Gasteiger partial charge >= 0.3 is 5.97 Å². The lowest BCUT2D eigenvalue weighted by Gasteiger charge is -2.22. The number of hydrogen-bond acceptors (Lipinski definition) is 4. The highest BCUT2D eigenvalue weighted by molar-refractivity contribution is 5.91. The molecule has 1 fully saturated rings. The molecular weight excluding hydrogens is 236 g/mol. The van der Waals surface area contributed by atoms with Gasteiger partial charge in [0.2, 0.25) is 5.88 Å². The minimum Gasteiger partial charge on any atom is -0.477 e. The largest absolute Gasteiger partial charge is 0.477 e. The van der Waals surface area contributed by atoms with Crippen LogP contribution in [0.15, 0.2) is 0 Å². The van der Waals surface area contributed by atoms with E-state index in [1.807, 2.05) is 0 Å². The summed E-state index contributed by atoms with van der Waals surface area (Å²) in [6, 6.07) is 0. The summed E-state index contributed by atoms with van der Waals surface area (Å²) in [5.74, 6) is -0.232. The smallest absolute Gasteiger partial charge is 0.343 e. The van der Waals surface area contributed by atoms with Crippen molar-refractivity contribution < 1.29 is 19.4 Å². The standard InChI is InChI=1S/C12H18N2O4/c1-8-10(12(15)16)11(14(2)13-8)18-7-9-3-5-17-6-4-9/h9H,3-7H2,1-2H3,(H,15,16). The molecule has 2 heterocycles. The number of rotatable bonds is 4. The third-order valence-electron chi connectivity index (χ3n) is 3.18. The molecule has 0 saturated carbocycles. The third-order valence-corrected chi connectivity index (χ3v) is 3.18. The Morgan fingerprint density at radius 1 is 1.56 bits per heavy atom. The zero-order valence-corrected chi connectivity index (χ0v) is 10.7. The molecule has 100 valence electrons. The molecular formula is C12H18N2O4. The van der Waals surface area contributed by atoms with Gasteiger partial charge in [0.25, 0.3) is 0 Å². The van der Waals surface area contributed by atoms with E-state index in [2.05, 4.69) is 5.10 Å². The van der Waals surface area contributed by atoms with Gasteiger partial charge in [-0.15, -0.1) is 0 Å². The van der Waals surface area contributed by atoms with Crippen LogP contribution in [0.5, 0.6) is 5.88 Å². The van der Waals surface area contributed by atoms with E-state index in [0.717, 1.165) is 26.1 Å². The van der Waals surface area contributed by atoms with E-state index in [1.165, 1.54) is 4.68 Å². The highest BCUT2D eigenvalue weighted by Gasteiger charge is 2.22. The van der Waals surface area contributed by atoms with Gasteiger partial charge in [-0.2, -0.15) is 5.10 Å². The van der Waals surface area contributed by atoms with Crippen molar-refractivity contribution in [2.75, 3.05) is 19.8 Å². The first-order valence-electron chi connectivity index (χ1n) is 6.07. The SMILES string of the molecule is Cc1nn(C)c(OCC2CCOCC2)c1C(=O)O. The van der Waals surface area contributed by atoms with E-state index >= 15 is 0 Å². The van der Waals surface area contributed by atoms with E-state index in [1.54, 1.807) is 14.0 Å². The minimum atomic E-state index is -0.998. The molecule has 1 aromatic heterocycles. The zero-order valence-electron chi connectivity index (χ0n) is 10.7. The van der Waals surface area contributed by atoms with Gasteiger partial charge in [-0.05, 0) is 25.7 Å². The van der Waals surface area contributed by atoms with Gasteiger partial charge in [-0.25, -0.2) is 9.48 Å². The molecule has 1 saturated heterocycles. The number of ether oxygens (including phenoxy) is 2. The Morgan fingerprint density at radius 2 is 2.22 bits per heavy atom. The van der Waals surface area contributed by atoms with Gasteiger partial charge in [-0.1, -0.05) is 0 Å². The molecule has 1 aliphatic heterocycles. The Labute approximate surface area is 106 Å². The fraction of sp³-hybridized carbons (Fsp3) is 0.667. The highest BCUT2D eigenvalue weighted by Crippen LogP contribution is 2.23. The lowest BCUT2D eigenvalue weighted by Crippen LogP contribution is -2.22. The minimum absolute atomic E-state index is 0.157. The van der Waals surface area contributed by atoms with Crippen molar-refractivity contribution >= 4 is 5.97 Å². The van der Waals surface area contributed by atoms with Crippen LogP contribution in [0.4, 0.5) is 0 Å². The highest BCUT2D eigenvalue weighted by atomic mass is 16.5. The van der Waals surface area contributed by atoms with Crippen LogP contribution in [0.2, 0.25) is 0 Å². The first kappa shape index (κ1) is 12.9. The van der Waals surface area contributed by atoms with E-state index < -0.39 is 5.97 Å².